The van der Waals surface area contributed by atoms with Gasteiger partial charge in [-0.3, -0.25) is 0 Å². The number of hydrogen-bond donors (Lipinski definition) is 1. The molecule has 1 N–H and O–H groups in total. The molecule has 2 heterocycles. The topological polar surface area (TPSA) is 41.6 Å². The maximum absolute atomic E-state index is 4.52. The number of halogens is 2. The van der Waals surface area contributed by atoms with Crippen molar-refractivity contribution in [3.05, 3.63) is 45.0 Å². The van der Waals surface area contributed by atoms with E-state index in [-0.39, 0.29) is 0 Å². The molecule has 3 rings (SSSR count). The van der Waals surface area contributed by atoms with Gasteiger partial charge in [0.05, 0.1) is 5.52 Å². The van der Waals surface area contributed by atoms with Gasteiger partial charge in [-0.15, -0.1) is 0 Å². The molecule has 5 heteroatoms. The number of aromatic amines is 1. The Morgan fingerprint density at radius 1 is 1.00 bits per heavy atom. The normalized spacial score (nSPS) is 11.1. The van der Waals surface area contributed by atoms with Crippen LogP contribution in [0.15, 0.2) is 39.3 Å². The van der Waals surface area contributed by atoms with Gasteiger partial charge >= 0.3 is 0 Å². The Labute approximate surface area is 121 Å². The number of rotatable bonds is 1. The maximum atomic E-state index is 4.52. The van der Waals surface area contributed by atoms with Gasteiger partial charge in [-0.2, -0.15) is 0 Å². The summed E-state index contributed by atoms with van der Waals surface area (Å²) in [7, 11) is 0. The fraction of sp³-hybridized carbons (Fsp3) is 0.0769. The summed E-state index contributed by atoms with van der Waals surface area (Å²) in [4.78, 5) is 12.2. The molecule has 90 valence electrons. The molecule has 3 nitrogen and oxygen atoms in total. The Morgan fingerprint density at radius 2 is 1.72 bits per heavy atom. The van der Waals surface area contributed by atoms with Crippen LogP contribution in [0.4, 0.5) is 0 Å². The van der Waals surface area contributed by atoms with Crippen molar-refractivity contribution in [1.29, 1.82) is 0 Å². The third-order valence-corrected chi connectivity index (χ3v) is 3.54. The zero-order valence-electron chi connectivity index (χ0n) is 9.54. The lowest BCUT2D eigenvalue weighted by atomic mass is 10.2. The van der Waals surface area contributed by atoms with Crippen LogP contribution in [0.3, 0.4) is 0 Å². The van der Waals surface area contributed by atoms with Crippen molar-refractivity contribution in [2.24, 2.45) is 0 Å². The van der Waals surface area contributed by atoms with E-state index in [2.05, 4.69) is 46.8 Å². The second kappa shape index (κ2) is 4.48. The standard InChI is InChI=1S/C13H9Br2N3/c1-7-2-3-11-13(16-7)18-12(17-11)8-4-9(14)6-10(15)5-8/h2-6H,1H3,(H,16,17,18). The van der Waals surface area contributed by atoms with Gasteiger partial charge in [0.2, 0.25) is 0 Å². The number of pyridine rings is 1. The zero-order valence-corrected chi connectivity index (χ0v) is 12.7. The van der Waals surface area contributed by atoms with E-state index >= 15 is 0 Å². The third kappa shape index (κ3) is 2.20. The van der Waals surface area contributed by atoms with Crippen LogP contribution >= 0.6 is 31.9 Å². The van der Waals surface area contributed by atoms with Crippen molar-refractivity contribution >= 4 is 43.0 Å². The molecule has 0 radical (unpaired) electrons. The van der Waals surface area contributed by atoms with Crippen LogP contribution in [0.5, 0.6) is 0 Å². The van der Waals surface area contributed by atoms with Gasteiger partial charge < -0.3 is 4.98 Å². The van der Waals surface area contributed by atoms with Crippen LogP contribution < -0.4 is 0 Å². The molecule has 0 bridgehead atoms. The molecule has 2 aromatic heterocycles. The monoisotopic (exact) mass is 365 g/mol. The van der Waals surface area contributed by atoms with Crippen molar-refractivity contribution in [2.75, 3.05) is 0 Å². The van der Waals surface area contributed by atoms with E-state index in [9.17, 15) is 0 Å². The Morgan fingerprint density at radius 3 is 2.44 bits per heavy atom. The van der Waals surface area contributed by atoms with Crippen molar-refractivity contribution in [3.63, 3.8) is 0 Å². The molecule has 0 fully saturated rings. The van der Waals surface area contributed by atoms with E-state index in [1.807, 2.05) is 37.3 Å². The third-order valence-electron chi connectivity index (χ3n) is 2.62. The summed E-state index contributed by atoms with van der Waals surface area (Å²) in [6.45, 7) is 1.96. The highest BCUT2D eigenvalue weighted by Crippen LogP contribution is 2.27. The minimum atomic E-state index is 0.751. The molecule has 0 unspecified atom stereocenters. The molecule has 0 spiro atoms. The lowest BCUT2D eigenvalue weighted by molar-refractivity contribution is 1.22. The minimum absolute atomic E-state index is 0.751. The summed E-state index contributed by atoms with van der Waals surface area (Å²) >= 11 is 6.96. The fourth-order valence-corrected chi connectivity index (χ4v) is 3.11. The number of benzene rings is 1. The highest BCUT2D eigenvalue weighted by atomic mass is 79.9. The summed E-state index contributed by atoms with van der Waals surface area (Å²) in [5.41, 5.74) is 3.69. The zero-order chi connectivity index (χ0) is 12.7. The Hall–Kier alpha value is -1.20. The first-order valence-electron chi connectivity index (χ1n) is 5.42. The highest BCUT2D eigenvalue weighted by molar-refractivity contribution is 9.11. The predicted octanol–water partition coefficient (Wildman–Crippen LogP) is 4.46. The lowest BCUT2D eigenvalue weighted by Crippen LogP contribution is -1.81. The van der Waals surface area contributed by atoms with Crippen LogP contribution in [0, 0.1) is 6.92 Å². The maximum Gasteiger partial charge on any atom is 0.178 e. The molecule has 0 saturated carbocycles. The largest absolute Gasteiger partial charge is 0.337 e. The van der Waals surface area contributed by atoms with Crippen LogP contribution in [-0.4, -0.2) is 15.0 Å². The van der Waals surface area contributed by atoms with Crippen LogP contribution in [0.25, 0.3) is 22.6 Å². The molecule has 18 heavy (non-hydrogen) atoms. The molecule has 0 saturated heterocycles. The van der Waals surface area contributed by atoms with Crippen molar-refractivity contribution in [3.8, 4) is 11.4 Å². The fourth-order valence-electron chi connectivity index (χ4n) is 1.81. The van der Waals surface area contributed by atoms with Crippen LogP contribution in [0.1, 0.15) is 5.69 Å². The molecule has 0 aliphatic carbocycles. The van der Waals surface area contributed by atoms with E-state index in [0.717, 1.165) is 37.2 Å². The first-order chi connectivity index (χ1) is 8.61. The van der Waals surface area contributed by atoms with E-state index in [1.54, 1.807) is 0 Å². The molecule has 0 atom stereocenters. The van der Waals surface area contributed by atoms with Gasteiger partial charge in [-0.05, 0) is 37.3 Å². The van der Waals surface area contributed by atoms with E-state index in [0.29, 0.717) is 0 Å². The van der Waals surface area contributed by atoms with Gasteiger partial charge in [0, 0.05) is 20.2 Å². The first kappa shape index (κ1) is 11.9. The summed E-state index contributed by atoms with van der Waals surface area (Å²) < 4.78 is 2.02. The number of imidazole rings is 1. The summed E-state index contributed by atoms with van der Waals surface area (Å²) in [6, 6.07) is 10.0. The van der Waals surface area contributed by atoms with E-state index in [4.69, 9.17) is 0 Å². The molecule has 3 aromatic rings. The SMILES string of the molecule is Cc1ccc2[nH]c(-c3cc(Br)cc(Br)c3)nc2n1. The van der Waals surface area contributed by atoms with Gasteiger partial charge in [-0.1, -0.05) is 31.9 Å². The lowest BCUT2D eigenvalue weighted by Gasteiger charge is -1.99. The minimum Gasteiger partial charge on any atom is -0.337 e. The van der Waals surface area contributed by atoms with E-state index in [1.165, 1.54) is 0 Å². The van der Waals surface area contributed by atoms with E-state index < -0.39 is 0 Å². The Bertz CT molecular complexity index is 714. The number of nitrogens with one attached hydrogen (secondary N) is 1. The molecule has 0 aliphatic rings. The molecular formula is C13H9Br2N3. The average molecular weight is 367 g/mol. The van der Waals surface area contributed by atoms with Crippen molar-refractivity contribution < 1.29 is 0 Å². The van der Waals surface area contributed by atoms with Crippen molar-refractivity contribution in [2.45, 2.75) is 6.92 Å². The number of aromatic nitrogens is 3. The molecule has 1 aromatic carbocycles. The summed E-state index contributed by atoms with van der Waals surface area (Å²) in [6.07, 6.45) is 0. The Balaban J connectivity index is 2.19. The first-order valence-corrected chi connectivity index (χ1v) is 7.00. The average Bonchev–Trinajstić information content (AvgIpc) is 2.70. The highest BCUT2D eigenvalue weighted by Gasteiger charge is 2.07. The Kier molecular flexibility index (Phi) is 2.95. The number of H-pyrrole nitrogens is 1. The summed E-state index contributed by atoms with van der Waals surface area (Å²) in [5, 5.41) is 0. The molecule has 0 aliphatic heterocycles. The second-order valence-corrected chi connectivity index (χ2v) is 5.90. The number of hydrogen-bond acceptors (Lipinski definition) is 2. The second-order valence-electron chi connectivity index (χ2n) is 4.07. The number of aryl methyl sites for hydroxylation is 1. The van der Waals surface area contributed by atoms with Crippen molar-refractivity contribution in [1.82, 2.24) is 15.0 Å². The summed E-state index contributed by atoms with van der Waals surface area (Å²) in [5.74, 6) is 0.824. The molecular weight excluding hydrogens is 358 g/mol. The quantitative estimate of drug-likeness (QED) is 0.690. The molecule has 0 amide bonds. The number of fused-ring (bicyclic) bond motifs is 1. The van der Waals surface area contributed by atoms with Gasteiger partial charge in [0.25, 0.3) is 0 Å². The van der Waals surface area contributed by atoms with Gasteiger partial charge in [-0.25, -0.2) is 9.97 Å². The predicted molar refractivity (Wildman–Crippen MR) is 79.5 cm³/mol. The number of nitrogens with zero attached hydrogens (tertiary/aromatic N) is 2. The van der Waals surface area contributed by atoms with Gasteiger partial charge in [0.15, 0.2) is 5.65 Å². The van der Waals surface area contributed by atoms with Crippen LogP contribution in [-0.2, 0) is 0 Å². The van der Waals surface area contributed by atoms with Gasteiger partial charge in [0.1, 0.15) is 5.82 Å². The van der Waals surface area contributed by atoms with Crippen LogP contribution in [0.2, 0.25) is 0 Å². The smallest absolute Gasteiger partial charge is 0.178 e.